The van der Waals surface area contributed by atoms with Gasteiger partial charge < -0.3 is 9.73 Å². The third kappa shape index (κ3) is 5.83. The van der Waals surface area contributed by atoms with E-state index in [0.29, 0.717) is 0 Å². The Bertz CT molecular complexity index is 3350. The molecule has 1 unspecified atom stereocenters. The molecule has 4 nitrogen and oxygen atoms in total. The van der Waals surface area contributed by atoms with Gasteiger partial charge in [0.1, 0.15) is 22.8 Å². The molecule has 2 atom stereocenters. The van der Waals surface area contributed by atoms with Gasteiger partial charge in [-0.3, -0.25) is 0 Å². The zero-order chi connectivity index (χ0) is 39.6. The van der Waals surface area contributed by atoms with Crippen LogP contribution in [0.4, 0.5) is 0 Å². The van der Waals surface area contributed by atoms with Gasteiger partial charge in [-0.15, -0.1) is 0 Å². The van der Waals surface area contributed by atoms with Crippen LogP contribution < -0.4 is 5.32 Å². The van der Waals surface area contributed by atoms with E-state index < -0.39 is 6.17 Å². The van der Waals surface area contributed by atoms with Crippen LogP contribution in [0.15, 0.2) is 209 Å². The summed E-state index contributed by atoms with van der Waals surface area (Å²) >= 11 is 0. The van der Waals surface area contributed by atoms with E-state index >= 15 is 0 Å². The summed E-state index contributed by atoms with van der Waals surface area (Å²) in [5, 5.41) is 10.9. The molecule has 0 bridgehead atoms. The fourth-order valence-corrected chi connectivity index (χ4v) is 9.68. The largest absolute Gasteiger partial charge is 0.456 e. The van der Waals surface area contributed by atoms with Gasteiger partial charge in [0.25, 0.3) is 0 Å². The Morgan fingerprint density at radius 3 is 1.92 bits per heavy atom. The third-order valence-electron chi connectivity index (χ3n) is 12.6. The highest BCUT2D eigenvalue weighted by atomic mass is 16.3. The zero-order valence-corrected chi connectivity index (χ0v) is 32.8. The van der Waals surface area contributed by atoms with Crippen molar-refractivity contribution in [2.75, 3.05) is 0 Å². The highest BCUT2D eigenvalue weighted by Gasteiger charge is 2.29. The number of nitrogens with zero attached hydrogens (tertiary/aromatic N) is 2. The van der Waals surface area contributed by atoms with E-state index in [2.05, 4.69) is 199 Å². The topological polar surface area (TPSA) is 49.9 Å². The first-order valence-electron chi connectivity index (χ1n) is 20.8. The average Bonchev–Trinajstić information content (AvgIpc) is 3.62. The fourth-order valence-electron chi connectivity index (χ4n) is 9.68. The number of fused-ring (bicyclic) bond motifs is 8. The number of hydrogen-bond donors (Lipinski definition) is 1. The SMILES string of the molecule is c1ccc(-c2ccc(C3=NC(c4cccc5ccccc45)N=C(c4cc([C@@H]5CCc6cc7ccccc7cc6-c6ccccc65)c5c(c4)oc4ccccc45)N3)cc2)cc1. The van der Waals surface area contributed by atoms with Crippen LogP contribution >= 0.6 is 0 Å². The number of benzene rings is 9. The zero-order valence-electron chi connectivity index (χ0n) is 32.8. The van der Waals surface area contributed by atoms with Crippen LogP contribution in [0, 0.1) is 0 Å². The molecule has 1 N–H and O–H groups in total. The quantitative estimate of drug-likeness (QED) is 0.190. The number of para-hydroxylation sites is 1. The Labute approximate surface area is 348 Å². The molecule has 2 heterocycles. The minimum absolute atomic E-state index is 0.108. The highest BCUT2D eigenvalue weighted by molar-refractivity contribution is 6.18. The first-order valence-corrected chi connectivity index (χ1v) is 20.8. The van der Waals surface area contributed by atoms with Crippen molar-refractivity contribution in [2.24, 2.45) is 9.98 Å². The lowest BCUT2D eigenvalue weighted by atomic mass is 9.83. The van der Waals surface area contributed by atoms with Gasteiger partial charge in [0.05, 0.1) is 0 Å². The van der Waals surface area contributed by atoms with Gasteiger partial charge in [-0.05, 0) is 97.6 Å². The maximum absolute atomic E-state index is 6.77. The van der Waals surface area contributed by atoms with Crippen molar-refractivity contribution in [3.63, 3.8) is 0 Å². The van der Waals surface area contributed by atoms with Crippen molar-refractivity contribution in [2.45, 2.75) is 24.9 Å². The van der Waals surface area contributed by atoms with Crippen molar-refractivity contribution in [1.29, 1.82) is 0 Å². The summed E-state index contributed by atoms with van der Waals surface area (Å²) in [4.78, 5) is 10.8. The van der Waals surface area contributed by atoms with Crippen LogP contribution in [0.3, 0.4) is 0 Å². The molecule has 60 heavy (non-hydrogen) atoms. The third-order valence-corrected chi connectivity index (χ3v) is 12.6. The fraction of sp³-hybridized carbons (Fsp3) is 0.0714. The van der Waals surface area contributed by atoms with Gasteiger partial charge in [0, 0.05) is 33.4 Å². The van der Waals surface area contributed by atoms with Crippen molar-refractivity contribution in [3.8, 4) is 22.3 Å². The lowest BCUT2D eigenvalue weighted by Crippen LogP contribution is -2.36. The van der Waals surface area contributed by atoms with Gasteiger partial charge in [0.15, 0.2) is 6.17 Å². The van der Waals surface area contributed by atoms with E-state index in [1.54, 1.807) is 0 Å². The number of aliphatic imine (C=N–C) groups is 2. The van der Waals surface area contributed by atoms with Gasteiger partial charge in [-0.1, -0.05) is 170 Å². The van der Waals surface area contributed by atoms with E-state index in [9.17, 15) is 0 Å². The maximum Gasteiger partial charge on any atom is 0.170 e. The van der Waals surface area contributed by atoms with Crippen molar-refractivity contribution in [3.05, 3.63) is 228 Å². The normalized spacial score (nSPS) is 16.2. The molecular formula is C56H39N3O. The second-order valence-corrected chi connectivity index (χ2v) is 16.0. The highest BCUT2D eigenvalue weighted by Crippen LogP contribution is 2.46. The second kappa shape index (κ2) is 14.1. The number of amidine groups is 2. The van der Waals surface area contributed by atoms with Crippen LogP contribution in [0.5, 0.6) is 0 Å². The summed E-state index contributed by atoms with van der Waals surface area (Å²) < 4.78 is 6.77. The molecule has 1 aliphatic carbocycles. The first kappa shape index (κ1) is 34.5. The predicted molar refractivity (Wildman–Crippen MR) is 248 cm³/mol. The van der Waals surface area contributed by atoms with Gasteiger partial charge in [-0.2, -0.15) is 0 Å². The molecule has 0 saturated carbocycles. The number of nitrogens with one attached hydrogen (secondary N) is 1. The minimum Gasteiger partial charge on any atom is -0.456 e. The summed E-state index contributed by atoms with van der Waals surface area (Å²) in [5.74, 6) is 1.66. The minimum atomic E-state index is -0.465. The average molecular weight is 770 g/mol. The van der Waals surface area contributed by atoms with Crippen molar-refractivity contribution < 1.29 is 4.42 Å². The number of hydrogen-bond acceptors (Lipinski definition) is 4. The molecule has 12 rings (SSSR count). The molecule has 10 aromatic rings. The molecule has 1 aliphatic heterocycles. The molecule has 0 radical (unpaired) electrons. The van der Waals surface area contributed by atoms with Crippen molar-refractivity contribution in [1.82, 2.24) is 5.32 Å². The van der Waals surface area contributed by atoms with Gasteiger partial charge in [0.2, 0.25) is 0 Å². The smallest absolute Gasteiger partial charge is 0.170 e. The number of rotatable bonds is 5. The molecule has 0 saturated heterocycles. The molecular weight excluding hydrogens is 731 g/mol. The first-order chi connectivity index (χ1) is 29.7. The Morgan fingerprint density at radius 1 is 0.433 bits per heavy atom. The standard InChI is InChI=1S/C56H39N3O/c1-2-13-35(14-3-1)36-25-27-38(28-26-36)54-57-55(59-56(58-54)47-23-12-18-37-15-6-7-19-43(37)47)42-33-50(53-48-22-10-11-24-51(48)60-52(53)34-42)46-30-29-41-31-39-16-4-5-17-40(39)32-49(41)45-21-9-8-20-44(45)46/h1-28,31-34,46,56H,29-30H2,(H,57,58,59)/t46-,56?/m1/s1. The molecule has 2 aliphatic rings. The Morgan fingerprint density at radius 2 is 1.07 bits per heavy atom. The summed E-state index contributed by atoms with van der Waals surface area (Å²) in [6.07, 6.45) is 1.45. The molecule has 4 heteroatoms. The molecule has 1 aromatic heterocycles. The van der Waals surface area contributed by atoms with E-state index in [0.717, 1.165) is 74.1 Å². The molecule has 0 spiro atoms. The van der Waals surface area contributed by atoms with E-state index in [1.165, 1.54) is 49.5 Å². The Kier molecular flexibility index (Phi) is 8.09. The van der Waals surface area contributed by atoms with Crippen molar-refractivity contribution >= 4 is 55.2 Å². The second-order valence-electron chi connectivity index (χ2n) is 16.0. The summed E-state index contributed by atoms with van der Waals surface area (Å²) in [7, 11) is 0. The number of furan rings is 1. The summed E-state index contributed by atoms with van der Waals surface area (Å²) in [6, 6.07) is 69.7. The van der Waals surface area contributed by atoms with Gasteiger partial charge >= 0.3 is 0 Å². The van der Waals surface area contributed by atoms with E-state index in [1.807, 2.05) is 0 Å². The van der Waals surface area contributed by atoms with Crippen LogP contribution in [-0.2, 0) is 6.42 Å². The van der Waals surface area contributed by atoms with Gasteiger partial charge in [-0.25, -0.2) is 9.98 Å². The predicted octanol–water partition coefficient (Wildman–Crippen LogP) is 13.8. The van der Waals surface area contributed by atoms with Crippen LogP contribution in [0.1, 0.15) is 51.9 Å². The van der Waals surface area contributed by atoms with Crippen LogP contribution in [0.2, 0.25) is 0 Å². The summed E-state index contributed by atoms with van der Waals surface area (Å²) in [5.41, 5.74) is 13.7. The molecule has 9 aromatic carbocycles. The van der Waals surface area contributed by atoms with E-state index in [-0.39, 0.29) is 5.92 Å². The summed E-state index contributed by atoms with van der Waals surface area (Å²) in [6.45, 7) is 0. The lowest BCUT2D eigenvalue weighted by Gasteiger charge is -2.25. The number of aryl methyl sites for hydroxylation is 1. The Balaban J connectivity index is 1.04. The lowest BCUT2D eigenvalue weighted by molar-refractivity contribution is 0.667. The van der Waals surface area contributed by atoms with Crippen LogP contribution in [-0.4, -0.2) is 11.7 Å². The maximum atomic E-state index is 6.77. The molecule has 0 amide bonds. The Hall–Kier alpha value is -7.56. The van der Waals surface area contributed by atoms with Crippen LogP contribution in [0.25, 0.3) is 65.7 Å². The molecule has 284 valence electrons. The van der Waals surface area contributed by atoms with E-state index in [4.69, 9.17) is 14.4 Å². The monoisotopic (exact) mass is 769 g/mol. The molecule has 0 fully saturated rings.